The number of fused-ring (bicyclic) bond motifs is 1. The van der Waals surface area contributed by atoms with Gasteiger partial charge >= 0.3 is 0 Å². The minimum Gasteiger partial charge on any atom is -0.124 e. The van der Waals surface area contributed by atoms with E-state index in [1.165, 1.54) is 0 Å². The zero-order valence-electron chi connectivity index (χ0n) is 9.49. The van der Waals surface area contributed by atoms with Crippen LogP contribution >= 0.6 is 116 Å². The lowest BCUT2D eigenvalue weighted by atomic mass is 9.86. The van der Waals surface area contributed by atoms with E-state index in [4.69, 9.17) is 116 Å². The first kappa shape index (κ1) is 19.2. The summed E-state index contributed by atoms with van der Waals surface area (Å²) in [6, 6.07) is 0. The number of hydrogen-bond acceptors (Lipinski definition) is 0. The minimum absolute atomic E-state index is 0.00436. The average Bonchev–Trinajstić information content (AvgIpc) is 2.44. The average molecular weight is 489 g/mol. The van der Waals surface area contributed by atoms with Gasteiger partial charge < -0.3 is 0 Å². The van der Waals surface area contributed by atoms with Gasteiger partial charge in [0.15, 0.2) is 4.33 Å². The van der Waals surface area contributed by atoms with Crippen LogP contribution in [-0.2, 0) is 9.21 Å². The second kappa shape index (κ2) is 6.30. The third kappa shape index (κ3) is 2.67. The molecule has 0 radical (unpaired) electrons. The molecule has 1 unspecified atom stereocenters. The largest absolute Gasteiger partial charge is 0.181 e. The highest BCUT2D eigenvalue weighted by atomic mass is 35.5. The van der Waals surface area contributed by atoms with Crippen LogP contribution in [0.3, 0.4) is 0 Å². The van der Waals surface area contributed by atoms with Crippen molar-refractivity contribution in [3.63, 3.8) is 0 Å². The standard InChI is InChI=1S/C11H2Cl10/c12-1-10(19)2-3(11(20,21)9(18)8(10)17)5(14)7(16)6(15)4(2)13/h1H2. The topological polar surface area (TPSA) is 0 Å². The van der Waals surface area contributed by atoms with Crippen LogP contribution in [0.4, 0.5) is 0 Å². The van der Waals surface area contributed by atoms with Gasteiger partial charge in [-0.15, -0.1) is 23.2 Å². The minimum atomic E-state index is -1.78. The molecule has 0 nitrogen and oxygen atoms in total. The maximum atomic E-state index is 6.50. The van der Waals surface area contributed by atoms with Crippen LogP contribution in [0.1, 0.15) is 11.1 Å². The van der Waals surface area contributed by atoms with E-state index in [1.54, 1.807) is 0 Å². The van der Waals surface area contributed by atoms with E-state index in [0.717, 1.165) is 0 Å². The number of alkyl halides is 4. The van der Waals surface area contributed by atoms with E-state index in [1.807, 2.05) is 0 Å². The molecule has 0 heterocycles. The molecule has 0 bridgehead atoms. The van der Waals surface area contributed by atoms with Crippen LogP contribution in [0.25, 0.3) is 0 Å². The molecule has 1 aliphatic carbocycles. The van der Waals surface area contributed by atoms with E-state index in [9.17, 15) is 0 Å². The number of halogens is 10. The van der Waals surface area contributed by atoms with Crippen molar-refractivity contribution in [3.05, 3.63) is 41.3 Å². The van der Waals surface area contributed by atoms with Crippen LogP contribution in [0.5, 0.6) is 0 Å². The molecule has 1 atom stereocenters. The number of benzene rings is 1. The Morgan fingerprint density at radius 2 is 1.05 bits per heavy atom. The quantitative estimate of drug-likeness (QED) is 0.212. The number of hydrogen-bond donors (Lipinski definition) is 0. The first-order chi connectivity index (χ1) is 9.51. The first-order valence-electron chi connectivity index (χ1n) is 5.07. The molecule has 0 spiro atoms. The summed E-state index contributed by atoms with van der Waals surface area (Å²) < 4.78 is -1.78. The van der Waals surface area contributed by atoms with Gasteiger partial charge in [0.1, 0.15) is 4.87 Å². The van der Waals surface area contributed by atoms with Gasteiger partial charge in [0, 0.05) is 11.1 Å². The highest BCUT2D eigenvalue weighted by Gasteiger charge is 2.52. The SMILES string of the molecule is ClCC1(Cl)C(Cl)=C(Cl)C(Cl)(Cl)c2c(Cl)c(Cl)c(Cl)c(Cl)c21. The summed E-state index contributed by atoms with van der Waals surface area (Å²) >= 11 is 61.8. The van der Waals surface area contributed by atoms with Gasteiger partial charge in [0.2, 0.25) is 0 Å². The van der Waals surface area contributed by atoms with Crippen molar-refractivity contribution in [2.75, 3.05) is 5.88 Å². The van der Waals surface area contributed by atoms with Gasteiger partial charge in [-0.05, 0) is 0 Å². The molecule has 0 saturated carbocycles. The highest BCUT2D eigenvalue weighted by molar-refractivity contribution is 6.61. The van der Waals surface area contributed by atoms with Crippen molar-refractivity contribution in [1.29, 1.82) is 0 Å². The van der Waals surface area contributed by atoms with Crippen LogP contribution in [0.2, 0.25) is 20.1 Å². The summed E-state index contributed by atoms with van der Waals surface area (Å²) in [6.45, 7) is 0. The summed E-state index contributed by atoms with van der Waals surface area (Å²) in [6.07, 6.45) is 0. The lowest BCUT2D eigenvalue weighted by Gasteiger charge is -2.39. The van der Waals surface area contributed by atoms with Crippen molar-refractivity contribution in [1.82, 2.24) is 0 Å². The van der Waals surface area contributed by atoms with Crippen LogP contribution in [0, 0.1) is 0 Å². The van der Waals surface area contributed by atoms with Crippen molar-refractivity contribution in [3.8, 4) is 0 Å². The van der Waals surface area contributed by atoms with E-state index >= 15 is 0 Å². The number of allylic oxidation sites excluding steroid dienone is 2. The van der Waals surface area contributed by atoms with E-state index in [-0.39, 0.29) is 47.2 Å². The predicted molar refractivity (Wildman–Crippen MR) is 96.8 cm³/mol. The van der Waals surface area contributed by atoms with Crippen molar-refractivity contribution >= 4 is 116 Å². The molecule has 0 fully saturated rings. The Morgan fingerprint density at radius 3 is 1.48 bits per heavy atom. The predicted octanol–water partition coefficient (Wildman–Crippen LogP) is 8.31. The lowest BCUT2D eigenvalue weighted by Crippen LogP contribution is -2.34. The molecule has 1 aromatic rings. The smallest absolute Gasteiger partial charge is 0.124 e. The molecular formula is C11H2Cl10. The molecule has 1 aromatic carbocycles. The normalized spacial score (nSPS) is 24.3. The third-order valence-electron chi connectivity index (χ3n) is 2.98. The van der Waals surface area contributed by atoms with E-state index in [2.05, 4.69) is 0 Å². The second-order valence-corrected chi connectivity index (χ2v) is 8.65. The Bertz CT molecular complexity index is 662. The zero-order chi connectivity index (χ0) is 16.3. The molecule has 10 heteroatoms. The van der Waals surface area contributed by atoms with Crippen molar-refractivity contribution in [2.45, 2.75) is 9.21 Å². The Kier molecular flexibility index (Phi) is 5.76. The monoisotopic (exact) mass is 484 g/mol. The molecule has 0 amide bonds. The second-order valence-electron chi connectivity index (χ2n) is 4.14. The Morgan fingerprint density at radius 1 is 0.619 bits per heavy atom. The van der Waals surface area contributed by atoms with Gasteiger partial charge in [0.05, 0.1) is 36.0 Å². The Balaban J connectivity index is 3.07. The van der Waals surface area contributed by atoms with Gasteiger partial charge in [-0.1, -0.05) is 92.8 Å². The first-order valence-corrected chi connectivity index (χ1v) is 9.01. The lowest BCUT2D eigenvalue weighted by molar-refractivity contribution is 0.779. The molecule has 0 saturated heterocycles. The fourth-order valence-electron chi connectivity index (χ4n) is 1.96. The zero-order valence-corrected chi connectivity index (χ0v) is 17.0. The third-order valence-corrected chi connectivity index (χ3v) is 7.96. The molecule has 1 aliphatic rings. The fraction of sp³-hybridized carbons (Fsp3) is 0.273. The molecule has 2 rings (SSSR count). The van der Waals surface area contributed by atoms with Crippen LogP contribution in [0.15, 0.2) is 10.1 Å². The highest BCUT2D eigenvalue weighted by Crippen LogP contribution is 2.63. The van der Waals surface area contributed by atoms with Crippen molar-refractivity contribution in [2.24, 2.45) is 0 Å². The molecule has 0 N–H and O–H groups in total. The van der Waals surface area contributed by atoms with Crippen molar-refractivity contribution < 1.29 is 0 Å². The maximum absolute atomic E-state index is 6.50. The van der Waals surface area contributed by atoms with Gasteiger partial charge in [-0.2, -0.15) is 0 Å². The summed E-state index contributed by atoms with van der Waals surface area (Å²) in [4.78, 5) is -1.47. The molecule has 21 heavy (non-hydrogen) atoms. The van der Waals surface area contributed by atoms with E-state index < -0.39 is 9.21 Å². The molecular weight excluding hydrogens is 487 g/mol. The van der Waals surface area contributed by atoms with Gasteiger partial charge in [-0.25, -0.2) is 0 Å². The number of rotatable bonds is 1. The summed E-state index contributed by atoms with van der Waals surface area (Å²) in [5.74, 6) is -0.172. The summed E-state index contributed by atoms with van der Waals surface area (Å²) in [7, 11) is 0. The summed E-state index contributed by atoms with van der Waals surface area (Å²) in [5, 5.41) is -0.248. The van der Waals surface area contributed by atoms with Gasteiger partial charge in [-0.3, -0.25) is 0 Å². The maximum Gasteiger partial charge on any atom is 0.181 e. The Labute approximate surface area is 171 Å². The molecule has 116 valence electrons. The van der Waals surface area contributed by atoms with Crippen LogP contribution in [-0.4, -0.2) is 5.88 Å². The van der Waals surface area contributed by atoms with Crippen LogP contribution < -0.4 is 0 Å². The Hall–Kier alpha value is 1.86. The van der Waals surface area contributed by atoms with E-state index in [0.29, 0.717) is 0 Å². The van der Waals surface area contributed by atoms with Gasteiger partial charge in [0.25, 0.3) is 0 Å². The summed E-state index contributed by atoms with van der Waals surface area (Å²) in [5.41, 5.74) is 0.289. The molecule has 0 aliphatic heterocycles. The fourth-order valence-corrected chi connectivity index (χ4v) is 5.15. The molecule has 0 aromatic heterocycles.